The second-order valence-corrected chi connectivity index (χ2v) is 6.79. The molecule has 0 saturated heterocycles. The maximum absolute atomic E-state index is 11.9. The quantitative estimate of drug-likeness (QED) is 0.790. The number of benzene rings is 1. The molecule has 0 bridgehead atoms. The summed E-state index contributed by atoms with van der Waals surface area (Å²) in [6, 6.07) is 5.09. The van der Waals surface area contributed by atoms with Crippen molar-refractivity contribution in [2.75, 3.05) is 10.5 Å². The number of hydrogen-bond acceptors (Lipinski definition) is 3. The van der Waals surface area contributed by atoms with Crippen molar-refractivity contribution in [1.29, 1.82) is 0 Å². The van der Waals surface area contributed by atoms with Crippen molar-refractivity contribution in [2.45, 2.75) is 20.8 Å². The third-order valence-corrected chi connectivity index (χ3v) is 4.13. The number of anilines is 1. The highest BCUT2D eigenvalue weighted by atomic mass is 32.2. The van der Waals surface area contributed by atoms with Crippen LogP contribution in [0.5, 0.6) is 0 Å². The van der Waals surface area contributed by atoms with E-state index in [4.69, 9.17) is 5.11 Å². The Hall–Kier alpha value is -1.82. The van der Waals surface area contributed by atoms with Gasteiger partial charge in [0.25, 0.3) is 0 Å². The van der Waals surface area contributed by atoms with Crippen molar-refractivity contribution in [2.24, 2.45) is 5.92 Å². The number of rotatable bonds is 6. The van der Waals surface area contributed by atoms with Crippen LogP contribution in [0.3, 0.4) is 0 Å². The molecule has 0 heterocycles. The highest BCUT2D eigenvalue weighted by molar-refractivity contribution is 7.92. The van der Waals surface area contributed by atoms with Crippen LogP contribution < -0.4 is 4.72 Å². The smallest absolute Gasteiger partial charge is 0.328 e. The third-order valence-electron chi connectivity index (χ3n) is 2.50. The first-order valence-electron chi connectivity index (χ1n) is 6.22. The Bertz CT molecular complexity index is 618. The monoisotopic (exact) mass is 297 g/mol. The maximum atomic E-state index is 11.9. The van der Waals surface area contributed by atoms with Crippen LogP contribution in [0.15, 0.2) is 24.3 Å². The summed E-state index contributed by atoms with van der Waals surface area (Å²) in [5.41, 5.74) is 1.88. The zero-order valence-corrected chi connectivity index (χ0v) is 12.6. The lowest BCUT2D eigenvalue weighted by molar-refractivity contribution is -0.131. The molecular formula is C14H19NO4S. The van der Waals surface area contributed by atoms with Crippen LogP contribution in [-0.2, 0) is 14.8 Å². The van der Waals surface area contributed by atoms with Gasteiger partial charge in [-0.1, -0.05) is 26.0 Å². The Morgan fingerprint density at radius 1 is 1.40 bits per heavy atom. The molecule has 1 aromatic rings. The molecule has 0 saturated carbocycles. The van der Waals surface area contributed by atoms with Crippen LogP contribution in [0.1, 0.15) is 25.0 Å². The van der Waals surface area contributed by atoms with Crippen LogP contribution in [-0.4, -0.2) is 25.2 Å². The standard InChI is InChI=1S/C14H19NO4S/c1-10(2)9-20(18,19)15-13-8-12(5-4-11(13)3)6-7-14(16)17/h4-8,10,15H,9H2,1-3H3,(H,16,17). The van der Waals surface area contributed by atoms with Gasteiger partial charge in [0.15, 0.2) is 0 Å². The molecule has 1 rings (SSSR count). The SMILES string of the molecule is Cc1ccc(C=CC(=O)O)cc1NS(=O)(=O)CC(C)C. The molecule has 6 heteroatoms. The van der Waals surface area contributed by atoms with Gasteiger partial charge < -0.3 is 5.11 Å². The minimum absolute atomic E-state index is 0.0305. The molecular weight excluding hydrogens is 278 g/mol. The normalized spacial score (nSPS) is 12.0. The molecule has 0 aliphatic carbocycles. The number of nitrogens with one attached hydrogen (secondary N) is 1. The first kappa shape index (κ1) is 16.2. The number of aliphatic carboxylic acids is 1. The van der Waals surface area contributed by atoms with E-state index < -0.39 is 16.0 Å². The van der Waals surface area contributed by atoms with Crippen LogP contribution in [0.25, 0.3) is 6.08 Å². The lowest BCUT2D eigenvalue weighted by atomic mass is 10.1. The van der Waals surface area contributed by atoms with E-state index in [0.29, 0.717) is 11.3 Å². The van der Waals surface area contributed by atoms with Crippen molar-refractivity contribution in [3.63, 3.8) is 0 Å². The van der Waals surface area contributed by atoms with Gasteiger partial charge in [0, 0.05) is 6.08 Å². The average Bonchev–Trinajstić information content (AvgIpc) is 2.28. The molecule has 0 radical (unpaired) electrons. The summed E-state index contributed by atoms with van der Waals surface area (Å²) in [5.74, 6) is -0.975. The van der Waals surface area contributed by atoms with Gasteiger partial charge in [-0.05, 0) is 36.1 Å². The molecule has 0 atom stereocenters. The topological polar surface area (TPSA) is 83.5 Å². The van der Waals surface area contributed by atoms with Gasteiger partial charge in [-0.2, -0.15) is 0 Å². The summed E-state index contributed by atoms with van der Waals surface area (Å²) >= 11 is 0. The molecule has 1 aromatic carbocycles. The second kappa shape index (κ2) is 6.56. The van der Waals surface area contributed by atoms with Crippen LogP contribution in [0, 0.1) is 12.8 Å². The van der Waals surface area contributed by atoms with E-state index in [0.717, 1.165) is 11.6 Å². The average molecular weight is 297 g/mol. The number of sulfonamides is 1. The van der Waals surface area contributed by atoms with Crippen LogP contribution >= 0.6 is 0 Å². The molecule has 20 heavy (non-hydrogen) atoms. The molecule has 5 nitrogen and oxygen atoms in total. The zero-order chi connectivity index (χ0) is 15.3. The second-order valence-electron chi connectivity index (χ2n) is 5.02. The molecule has 110 valence electrons. The van der Waals surface area contributed by atoms with Gasteiger partial charge in [-0.25, -0.2) is 13.2 Å². The fourth-order valence-corrected chi connectivity index (χ4v) is 3.18. The maximum Gasteiger partial charge on any atom is 0.328 e. The zero-order valence-electron chi connectivity index (χ0n) is 11.8. The summed E-state index contributed by atoms with van der Waals surface area (Å²) in [6.45, 7) is 5.45. The predicted octanol–water partition coefficient (Wildman–Crippen LogP) is 2.49. The van der Waals surface area contributed by atoms with Crippen LogP contribution in [0.4, 0.5) is 5.69 Å². The van der Waals surface area contributed by atoms with E-state index in [1.165, 1.54) is 6.08 Å². The van der Waals surface area contributed by atoms with Gasteiger partial charge >= 0.3 is 5.97 Å². The van der Waals surface area contributed by atoms with Crippen molar-refractivity contribution < 1.29 is 18.3 Å². The van der Waals surface area contributed by atoms with Gasteiger partial charge in [0.05, 0.1) is 11.4 Å². The molecule has 0 aromatic heterocycles. The van der Waals surface area contributed by atoms with Crippen molar-refractivity contribution in [3.05, 3.63) is 35.4 Å². The highest BCUT2D eigenvalue weighted by Crippen LogP contribution is 2.20. The Morgan fingerprint density at radius 2 is 2.05 bits per heavy atom. The number of carboxylic acids is 1. The highest BCUT2D eigenvalue weighted by Gasteiger charge is 2.14. The lowest BCUT2D eigenvalue weighted by Crippen LogP contribution is -2.20. The molecule has 0 aliphatic heterocycles. The van der Waals surface area contributed by atoms with E-state index in [1.807, 2.05) is 13.8 Å². The Morgan fingerprint density at radius 3 is 2.60 bits per heavy atom. The molecule has 0 unspecified atom stereocenters. The largest absolute Gasteiger partial charge is 0.478 e. The summed E-state index contributed by atoms with van der Waals surface area (Å²) in [4.78, 5) is 10.5. The Balaban J connectivity index is 3.00. The predicted molar refractivity (Wildman–Crippen MR) is 80.1 cm³/mol. The van der Waals surface area contributed by atoms with Crippen molar-refractivity contribution in [1.82, 2.24) is 0 Å². The van der Waals surface area contributed by atoms with E-state index in [1.54, 1.807) is 25.1 Å². The summed E-state index contributed by atoms with van der Waals surface area (Å²) < 4.78 is 26.4. The molecule has 0 spiro atoms. The van der Waals surface area contributed by atoms with Crippen LogP contribution in [0.2, 0.25) is 0 Å². The van der Waals surface area contributed by atoms with Crippen molar-refractivity contribution >= 4 is 27.8 Å². The molecule has 0 fully saturated rings. The van der Waals surface area contributed by atoms with E-state index in [2.05, 4.69) is 4.72 Å². The van der Waals surface area contributed by atoms with Crippen molar-refractivity contribution in [3.8, 4) is 0 Å². The lowest BCUT2D eigenvalue weighted by Gasteiger charge is -2.12. The number of aryl methyl sites for hydroxylation is 1. The van der Waals surface area contributed by atoms with Gasteiger partial charge in [0.2, 0.25) is 10.0 Å². The van der Waals surface area contributed by atoms with E-state index in [-0.39, 0.29) is 11.7 Å². The summed E-state index contributed by atoms with van der Waals surface area (Å²) in [7, 11) is -3.39. The van der Waals surface area contributed by atoms with Gasteiger partial charge in [-0.15, -0.1) is 0 Å². The van der Waals surface area contributed by atoms with E-state index >= 15 is 0 Å². The fourth-order valence-electron chi connectivity index (χ4n) is 1.67. The molecule has 0 amide bonds. The first-order chi connectivity index (χ1) is 9.19. The summed E-state index contributed by atoms with van der Waals surface area (Å²) in [6.07, 6.45) is 2.43. The minimum atomic E-state index is -3.39. The Labute approximate surface area is 119 Å². The summed E-state index contributed by atoms with van der Waals surface area (Å²) in [5, 5.41) is 8.59. The minimum Gasteiger partial charge on any atom is -0.478 e. The van der Waals surface area contributed by atoms with Gasteiger partial charge in [-0.3, -0.25) is 4.72 Å². The van der Waals surface area contributed by atoms with Gasteiger partial charge in [0.1, 0.15) is 0 Å². The number of hydrogen-bond donors (Lipinski definition) is 2. The molecule has 2 N–H and O–H groups in total. The molecule has 0 aliphatic rings. The number of carbonyl (C=O) groups is 1. The number of carboxylic acid groups (broad SMARTS) is 1. The Kier molecular flexibility index (Phi) is 5.33. The third kappa shape index (κ3) is 5.44. The fraction of sp³-hybridized carbons (Fsp3) is 0.357. The van der Waals surface area contributed by atoms with E-state index in [9.17, 15) is 13.2 Å². The first-order valence-corrected chi connectivity index (χ1v) is 7.87.